The fourth-order valence-electron chi connectivity index (χ4n) is 4.80. The highest BCUT2D eigenvalue weighted by atomic mass is 19.3. The van der Waals surface area contributed by atoms with Crippen LogP contribution in [-0.2, 0) is 5.92 Å². The number of halogens is 4. The monoisotopic (exact) mass is 542 g/mol. The molecule has 39 heavy (non-hydrogen) atoms. The molecule has 0 spiro atoms. The molecule has 3 rings (SSSR count). The summed E-state index contributed by atoms with van der Waals surface area (Å²) in [5.74, 6) is -5.29. The van der Waals surface area contributed by atoms with Crippen LogP contribution in [0.2, 0.25) is 0 Å². The van der Waals surface area contributed by atoms with Crippen LogP contribution in [0.4, 0.5) is 17.6 Å². The highest BCUT2D eigenvalue weighted by molar-refractivity contribution is 5.71. The second-order valence-electron chi connectivity index (χ2n) is 10.4. The van der Waals surface area contributed by atoms with Crippen molar-refractivity contribution in [1.29, 1.82) is 0 Å². The van der Waals surface area contributed by atoms with E-state index in [4.69, 9.17) is 4.74 Å². The van der Waals surface area contributed by atoms with Crippen LogP contribution in [0.15, 0.2) is 60.7 Å². The second-order valence-corrected chi connectivity index (χ2v) is 10.4. The molecular weight excluding hydrogens is 500 g/mol. The van der Waals surface area contributed by atoms with Gasteiger partial charge in [0.15, 0.2) is 11.6 Å². The van der Waals surface area contributed by atoms with Gasteiger partial charge in [0.1, 0.15) is 5.75 Å². The van der Waals surface area contributed by atoms with E-state index in [2.05, 4.69) is 6.92 Å². The van der Waals surface area contributed by atoms with Crippen molar-refractivity contribution in [2.24, 2.45) is 0 Å². The van der Waals surface area contributed by atoms with Crippen molar-refractivity contribution in [1.82, 2.24) is 0 Å². The second kappa shape index (κ2) is 15.7. The Morgan fingerprint density at radius 1 is 0.564 bits per heavy atom. The largest absolute Gasteiger partial charge is 0.494 e. The highest BCUT2D eigenvalue weighted by Crippen LogP contribution is 2.38. The maximum Gasteiger partial charge on any atom is 0.276 e. The number of alkyl halides is 2. The summed E-state index contributed by atoms with van der Waals surface area (Å²) in [5.41, 5.74) is 1.41. The van der Waals surface area contributed by atoms with Crippen molar-refractivity contribution in [2.75, 3.05) is 6.61 Å². The first kappa shape index (κ1) is 30.7. The van der Waals surface area contributed by atoms with Crippen molar-refractivity contribution < 1.29 is 22.3 Å². The molecule has 0 saturated carbocycles. The third kappa shape index (κ3) is 9.12. The molecule has 0 saturated heterocycles. The van der Waals surface area contributed by atoms with Gasteiger partial charge in [0.2, 0.25) is 0 Å². The molecule has 0 aliphatic carbocycles. The SMILES string of the molecule is CCCCCCCCCCOc1ccc(-c2ccc(-c3ccc(C(F)(F)CCCCC)c(F)c3F)cc2)cc1. The topological polar surface area (TPSA) is 9.23 Å². The van der Waals surface area contributed by atoms with Crippen molar-refractivity contribution in [3.63, 3.8) is 0 Å². The van der Waals surface area contributed by atoms with Crippen LogP contribution >= 0.6 is 0 Å². The smallest absolute Gasteiger partial charge is 0.276 e. The van der Waals surface area contributed by atoms with Gasteiger partial charge in [-0.2, -0.15) is 0 Å². The maximum atomic E-state index is 14.8. The summed E-state index contributed by atoms with van der Waals surface area (Å²) in [7, 11) is 0. The molecule has 0 aromatic heterocycles. The molecule has 0 N–H and O–H groups in total. The first-order valence-corrected chi connectivity index (χ1v) is 14.6. The van der Waals surface area contributed by atoms with Gasteiger partial charge in [-0.25, -0.2) is 17.6 Å². The van der Waals surface area contributed by atoms with E-state index in [1.807, 2.05) is 43.3 Å². The lowest BCUT2D eigenvalue weighted by Crippen LogP contribution is -2.16. The number of hydrogen-bond donors (Lipinski definition) is 0. The van der Waals surface area contributed by atoms with Crippen LogP contribution in [0.3, 0.4) is 0 Å². The Balaban J connectivity index is 1.55. The molecular formula is C34H42F4O. The third-order valence-corrected chi connectivity index (χ3v) is 7.22. The lowest BCUT2D eigenvalue weighted by molar-refractivity contribution is -0.0195. The molecule has 5 heteroatoms. The van der Waals surface area contributed by atoms with E-state index in [-0.39, 0.29) is 12.0 Å². The summed E-state index contributed by atoms with van der Waals surface area (Å²) in [6.45, 7) is 4.84. The van der Waals surface area contributed by atoms with Gasteiger partial charge in [-0.3, -0.25) is 0 Å². The molecule has 0 fully saturated rings. The summed E-state index contributed by atoms with van der Waals surface area (Å²) in [6.07, 6.45) is 11.2. The van der Waals surface area contributed by atoms with E-state index in [1.165, 1.54) is 51.0 Å². The summed E-state index contributed by atoms with van der Waals surface area (Å²) in [5, 5.41) is 0. The maximum absolute atomic E-state index is 14.8. The molecule has 0 heterocycles. The Labute approximate surface area is 231 Å². The van der Waals surface area contributed by atoms with E-state index in [9.17, 15) is 17.6 Å². The lowest BCUT2D eigenvalue weighted by atomic mass is 9.96. The van der Waals surface area contributed by atoms with Crippen LogP contribution < -0.4 is 4.74 Å². The van der Waals surface area contributed by atoms with Gasteiger partial charge in [-0.1, -0.05) is 114 Å². The summed E-state index contributed by atoms with van der Waals surface area (Å²) >= 11 is 0. The Morgan fingerprint density at radius 3 is 1.69 bits per heavy atom. The van der Waals surface area contributed by atoms with Gasteiger partial charge in [-0.05, 0) is 47.7 Å². The minimum absolute atomic E-state index is 0.0307. The zero-order valence-electron chi connectivity index (χ0n) is 23.4. The first-order chi connectivity index (χ1) is 18.9. The normalized spacial score (nSPS) is 11.6. The van der Waals surface area contributed by atoms with Gasteiger partial charge >= 0.3 is 0 Å². The van der Waals surface area contributed by atoms with Gasteiger partial charge in [0.25, 0.3) is 5.92 Å². The van der Waals surface area contributed by atoms with Crippen LogP contribution in [0.1, 0.15) is 96.5 Å². The zero-order chi connectivity index (χ0) is 28.1. The van der Waals surface area contributed by atoms with Crippen molar-refractivity contribution >= 4 is 0 Å². The van der Waals surface area contributed by atoms with Gasteiger partial charge in [-0.15, -0.1) is 0 Å². The van der Waals surface area contributed by atoms with Gasteiger partial charge < -0.3 is 4.74 Å². The first-order valence-electron chi connectivity index (χ1n) is 14.6. The molecule has 0 amide bonds. The molecule has 0 aliphatic rings. The Kier molecular flexibility index (Phi) is 12.4. The third-order valence-electron chi connectivity index (χ3n) is 7.22. The molecule has 3 aromatic carbocycles. The molecule has 212 valence electrons. The van der Waals surface area contributed by atoms with E-state index in [0.717, 1.165) is 35.8 Å². The average molecular weight is 543 g/mol. The van der Waals surface area contributed by atoms with Crippen molar-refractivity contribution in [3.05, 3.63) is 77.9 Å². The van der Waals surface area contributed by atoms with E-state index in [0.29, 0.717) is 18.6 Å². The minimum atomic E-state index is -3.40. The predicted molar refractivity (Wildman–Crippen MR) is 153 cm³/mol. The van der Waals surface area contributed by atoms with E-state index >= 15 is 0 Å². The lowest BCUT2D eigenvalue weighted by Gasteiger charge is -2.18. The minimum Gasteiger partial charge on any atom is -0.494 e. The molecule has 0 aliphatic heterocycles. The number of rotatable bonds is 17. The quantitative estimate of drug-likeness (QED) is 0.122. The standard InChI is InChI=1S/C34H42F4O/c1-3-5-7-8-9-10-11-13-25-39-29-20-18-27(19-21-29)26-14-16-28(17-15-26)30-22-23-31(33(36)32(30)35)34(37,38)24-12-6-4-2/h14-23H,3-13,24-25H2,1-2H3. The number of benzene rings is 3. The Morgan fingerprint density at radius 2 is 1.08 bits per heavy atom. The van der Waals surface area contributed by atoms with Crippen molar-refractivity contribution in [2.45, 2.75) is 96.8 Å². The molecule has 0 bridgehead atoms. The van der Waals surface area contributed by atoms with Gasteiger partial charge in [0, 0.05) is 12.0 Å². The van der Waals surface area contributed by atoms with Crippen LogP contribution in [0.25, 0.3) is 22.3 Å². The van der Waals surface area contributed by atoms with Gasteiger partial charge in [0.05, 0.1) is 12.2 Å². The average Bonchev–Trinajstić information content (AvgIpc) is 2.94. The molecule has 0 unspecified atom stereocenters. The summed E-state index contributed by atoms with van der Waals surface area (Å²) < 4.78 is 64.3. The predicted octanol–water partition coefficient (Wildman–Crippen LogP) is 11.5. The van der Waals surface area contributed by atoms with Crippen LogP contribution in [0.5, 0.6) is 5.75 Å². The molecule has 1 nitrogen and oxygen atoms in total. The number of unbranched alkanes of at least 4 members (excludes halogenated alkanes) is 9. The van der Waals surface area contributed by atoms with E-state index in [1.54, 1.807) is 12.1 Å². The fourth-order valence-corrected chi connectivity index (χ4v) is 4.80. The highest BCUT2D eigenvalue weighted by Gasteiger charge is 2.35. The molecule has 0 radical (unpaired) electrons. The van der Waals surface area contributed by atoms with E-state index < -0.39 is 29.5 Å². The number of hydrogen-bond acceptors (Lipinski definition) is 1. The summed E-state index contributed by atoms with van der Waals surface area (Å²) in [4.78, 5) is 0. The summed E-state index contributed by atoms with van der Waals surface area (Å²) in [6, 6.07) is 17.0. The number of ether oxygens (including phenoxy) is 1. The van der Waals surface area contributed by atoms with Crippen molar-refractivity contribution in [3.8, 4) is 28.0 Å². The fraction of sp³-hybridized carbons (Fsp3) is 0.471. The Bertz CT molecular complexity index is 1120. The zero-order valence-corrected chi connectivity index (χ0v) is 23.4. The Hall–Kier alpha value is -2.82. The van der Waals surface area contributed by atoms with Crippen LogP contribution in [-0.4, -0.2) is 6.61 Å². The molecule has 3 aromatic rings. The molecule has 0 atom stereocenters. The van der Waals surface area contributed by atoms with Crippen LogP contribution in [0, 0.1) is 11.6 Å².